The molecule has 188 valence electrons. The molecule has 2 atom stereocenters. The first kappa shape index (κ1) is 26.4. The zero-order valence-corrected chi connectivity index (χ0v) is 21.6. The lowest BCUT2D eigenvalue weighted by atomic mass is 10.0. The van der Waals surface area contributed by atoms with Crippen molar-refractivity contribution in [2.24, 2.45) is 0 Å². The van der Waals surface area contributed by atoms with Gasteiger partial charge in [-0.1, -0.05) is 25.1 Å². The van der Waals surface area contributed by atoms with Crippen molar-refractivity contribution in [2.45, 2.75) is 50.9 Å². The van der Waals surface area contributed by atoms with Crippen molar-refractivity contribution in [3.8, 4) is 11.1 Å². The number of hydrogen-bond donors (Lipinski definition) is 2. The van der Waals surface area contributed by atoms with Crippen LogP contribution in [-0.4, -0.2) is 48.2 Å². The van der Waals surface area contributed by atoms with Crippen molar-refractivity contribution >= 4 is 32.2 Å². The van der Waals surface area contributed by atoms with Gasteiger partial charge in [0.2, 0.25) is 0 Å². The predicted molar refractivity (Wildman–Crippen MR) is 140 cm³/mol. The highest BCUT2D eigenvalue weighted by Crippen LogP contribution is 2.27. The molecular formula is C26H33N3O5S. The summed E-state index contributed by atoms with van der Waals surface area (Å²) in [6.45, 7) is 5.58. The summed E-state index contributed by atoms with van der Waals surface area (Å²) in [6.07, 6.45) is 3.42. The van der Waals surface area contributed by atoms with Gasteiger partial charge in [-0.2, -0.15) is 0 Å². The van der Waals surface area contributed by atoms with E-state index in [1.807, 2.05) is 12.1 Å². The second-order valence-electron chi connectivity index (χ2n) is 9.23. The number of hydrogen-bond acceptors (Lipinski definition) is 6. The number of sulfone groups is 1. The Kier molecular flexibility index (Phi) is 7.71. The van der Waals surface area contributed by atoms with E-state index in [4.69, 9.17) is 5.21 Å². The van der Waals surface area contributed by atoms with Crippen LogP contribution < -0.4 is 15.9 Å². The van der Waals surface area contributed by atoms with E-state index in [0.717, 1.165) is 34.9 Å². The van der Waals surface area contributed by atoms with Crippen LogP contribution in [0.4, 0.5) is 5.69 Å². The van der Waals surface area contributed by atoms with Crippen molar-refractivity contribution in [3.05, 3.63) is 65.1 Å². The third-order valence-electron chi connectivity index (χ3n) is 7.07. The van der Waals surface area contributed by atoms with Crippen molar-refractivity contribution in [2.75, 3.05) is 18.2 Å². The number of anilines is 1. The molecule has 2 N–H and O–H groups in total. The maximum absolute atomic E-state index is 13.1. The Hall–Kier alpha value is -3.17. The van der Waals surface area contributed by atoms with Gasteiger partial charge in [-0.3, -0.25) is 14.8 Å². The van der Waals surface area contributed by atoms with Crippen LogP contribution in [0.2, 0.25) is 0 Å². The van der Waals surface area contributed by atoms with Gasteiger partial charge in [0.15, 0.2) is 14.6 Å². The molecule has 3 aromatic rings. The van der Waals surface area contributed by atoms with Gasteiger partial charge in [0, 0.05) is 43.2 Å². The molecule has 3 rings (SSSR count). The van der Waals surface area contributed by atoms with Crippen molar-refractivity contribution < 1.29 is 18.4 Å². The highest BCUT2D eigenvalue weighted by molar-refractivity contribution is 7.92. The van der Waals surface area contributed by atoms with Crippen LogP contribution >= 0.6 is 0 Å². The highest BCUT2D eigenvalue weighted by atomic mass is 32.2. The molecule has 9 heteroatoms. The van der Waals surface area contributed by atoms with E-state index >= 15 is 0 Å². The monoisotopic (exact) mass is 499 g/mol. The minimum Gasteiger partial charge on any atom is -0.372 e. The van der Waals surface area contributed by atoms with Crippen LogP contribution in [0.25, 0.3) is 21.9 Å². The Morgan fingerprint density at radius 1 is 1.14 bits per heavy atom. The van der Waals surface area contributed by atoms with Gasteiger partial charge < -0.3 is 9.47 Å². The number of hydroxylamine groups is 1. The van der Waals surface area contributed by atoms with Crippen LogP contribution in [-0.2, 0) is 21.2 Å². The number of carbonyl (C=O) groups is 1. The molecule has 1 aromatic heterocycles. The van der Waals surface area contributed by atoms with Gasteiger partial charge in [0.1, 0.15) is 0 Å². The molecule has 8 nitrogen and oxygen atoms in total. The molecule has 0 saturated carbocycles. The number of nitrogens with one attached hydrogen (secondary N) is 1. The second kappa shape index (κ2) is 10.2. The van der Waals surface area contributed by atoms with Gasteiger partial charge >= 0.3 is 0 Å². The van der Waals surface area contributed by atoms with E-state index in [-0.39, 0.29) is 18.5 Å². The van der Waals surface area contributed by atoms with Gasteiger partial charge in [-0.25, -0.2) is 13.9 Å². The van der Waals surface area contributed by atoms with Gasteiger partial charge in [-0.05, 0) is 73.5 Å². The summed E-state index contributed by atoms with van der Waals surface area (Å²) in [5.41, 5.74) is 4.31. The fourth-order valence-corrected chi connectivity index (χ4v) is 4.82. The molecule has 0 fully saturated rings. The number of aryl methyl sites for hydroxylation is 1. The molecule has 2 aromatic carbocycles. The number of benzene rings is 2. The first-order chi connectivity index (χ1) is 16.4. The summed E-state index contributed by atoms with van der Waals surface area (Å²) in [4.78, 5) is 27.3. The Bertz CT molecular complexity index is 1380. The normalized spacial score (nSPS) is 14.3. The average molecular weight is 500 g/mol. The van der Waals surface area contributed by atoms with Gasteiger partial charge in [-0.15, -0.1) is 0 Å². The maximum atomic E-state index is 13.1. The van der Waals surface area contributed by atoms with Crippen molar-refractivity contribution in [3.63, 3.8) is 0 Å². The molecule has 0 aliphatic carbocycles. The lowest BCUT2D eigenvalue weighted by Crippen LogP contribution is -2.49. The van der Waals surface area contributed by atoms with Crippen LogP contribution in [0.3, 0.4) is 0 Å². The molecule has 0 saturated heterocycles. The first-order valence-electron chi connectivity index (χ1n) is 11.5. The zero-order chi connectivity index (χ0) is 26.0. The molecule has 1 amide bonds. The lowest BCUT2D eigenvalue weighted by molar-refractivity contribution is -0.131. The van der Waals surface area contributed by atoms with E-state index in [2.05, 4.69) is 50.1 Å². The van der Waals surface area contributed by atoms with Gasteiger partial charge in [0.05, 0.1) is 0 Å². The number of aromatic nitrogens is 1. The van der Waals surface area contributed by atoms with Crippen LogP contribution in [0, 0.1) is 0 Å². The smallest absolute Gasteiger partial charge is 0.264 e. The molecule has 0 spiro atoms. The molecule has 35 heavy (non-hydrogen) atoms. The molecule has 0 aliphatic heterocycles. The fraction of sp³-hybridized carbons (Fsp3) is 0.385. The minimum atomic E-state index is -3.84. The molecule has 0 aliphatic rings. The topological polar surface area (TPSA) is 109 Å². The predicted octanol–water partition coefficient (Wildman–Crippen LogP) is 3.60. The fourth-order valence-electron chi connectivity index (χ4n) is 3.98. The van der Waals surface area contributed by atoms with Crippen LogP contribution in [0.1, 0.15) is 33.6 Å². The largest absolute Gasteiger partial charge is 0.372 e. The Morgan fingerprint density at radius 3 is 2.34 bits per heavy atom. The number of pyridine rings is 1. The summed E-state index contributed by atoms with van der Waals surface area (Å²) in [6, 6.07) is 16.2. The molecule has 0 radical (unpaired) electrons. The summed E-state index contributed by atoms with van der Waals surface area (Å²) < 4.78 is 23.9. The van der Waals surface area contributed by atoms with Crippen molar-refractivity contribution in [1.82, 2.24) is 10.0 Å². The van der Waals surface area contributed by atoms with E-state index in [0.29, 0.717) is 11.4 Å². The molecular weight excluding hydrogens is 466 g/mol. The molecule has 0 bridgehead atoms. The van der Waals surface area contributed by atoms with Crippen LogP contribution in [0.15, 0.2) is 59.5 Å². The number of fused-ring (bicyclic) bond motifs is 1. The molecule has 1 heterocycles. The maximum Gasteiger partial charge on any atom is 0.264 e. The Balaban J connectivity index is 1.88. The summed E-state index contributed by atoms with van der Waals surface area (Å²) in [7, 11) is -1.76. The quantitative estimate of drug-likeness (QED) is 0.344. The van der Waals surface area contributed by atoms with E-state index in [1.54, 1.807) is 18.3 Å². The summed E-state index contributed by atoms with van der Waals surface area (Å²) in [5, 5.41) is 10.3. The SMILES string of the molecule is CC[C@@H](C)N(C)c1ccc(-c2ccc3c(=O)n(CC[C@](C)(C(=O)NO)S(C)(=O)=O)ccc3c2)cc1. The van der Waals surface area contributed by atoms with Gasteiger partial charge in [0.25, 0.3) is 11.5 Å². The number of carbonyl (C=O) groups excluding carboxylic acids is 1. The second-order valence-corrected chi connectivity index (χ2v) is 11.7. The number of rotatable bonds is 9. The molecule has 0 unspecified atom stereocenters. The lowest BCUT2D eigenvalue weighted by Gasteiger charge is -2.26. The first-order valence-corrected chi connectivity index (χ1v) is 13.4. The minimum absolute atomic E-state index is 0.00131. The Morgan fingerprint density at radius 2 is 1.77 bits per heavy atom. The third-order valence-corrected chi connectivity index (χ3v) is 9.09. The van der Waals surface area contributed by atoms with E-state index in [1.165, 1.54) is 17.0 Å². The van der Waals surface area contributed by atoms with Crippen molar-refractivity contribution in [1.29, 1.82) is 0 Å². The average Bonchev–Trinajstić information content (AvgIpc) is 2.85. The number of nitrogens with zero attached hydrogens (tertiary/aromatic N) is 2. The summed E-state index contributed by atoms with van der Waals surface area (Å²) >= 11 is 0. The van der Waals surface area contributed by atoms with Crippen LogP contribution in [0.5, 0.6) is 0 Å². The standard InChI is InChI=1S/C26H33N3O5S/c1-6-18(2)28(4)22-10-7-19(8-11-22)20-9-12-23-21(17-20)13-15-29(24(23)30)16-14-26(3,25(31)27-32)35(5,33)34/h7-13,15,17-18,32H,6,14,16H2,1-5H3,(H,27,31)/t18-,26-/m1/s1. The number of amides is 1. The van der Waals surface area contributed by atoms with E-state index in [9.17, 15) is 18.0 Å². The third kappa shape index (κ3) is 5.26. The highest BCUT2D eigenvalue weighted by Gasteiger charge is 2.43. The van der Waals surface area contributed by atoms with E-state index < -0.39 is 20.5 Å². The summed E-state index contributed by atoms with van der Waals surface area (Å²) in [5.74, 6) is -1.03. The Labute approximate surface area is 206 Å². The zero-order valence-electron chi connectivity index (χ0n) is 20.8.